The number of hydrogen-bond donors (Lipinski definition) is 0. The third-order valence-electron chi connectivity index (χ3n) is 4.02. The molecule has 0 saturated heterocycles. The Morgan fingerprint density at radius 3 is 2.58 bits per heavy atom. The number of aryl methyl sites for hydroxylation is 1. The van der Waals surface area contributed by atoms with Crippen LogP contribution in [0.15, 0.2) is 36.4 Å². The molecule has 2 aromatic carbocycles. The zero-order valence-corrected chi connectivity index (χ0v) is 14.9. The molecule has 0 bridgehead atoms. The summed E-state index contributed by atoms with van der Waals surface area (Å²) < 4.78 is 26.4. The Labute approximate surface area is 151 Å². The van der Waals surface area contributed by atoms with Crippen LogP contribution in [0.5, 0.6) is 23.0 Å². The summed E-state index contributed by atoms with van der Waals surface area (Å²) >= 11 is 0. The van der Waals surface area contributed by atoms with Crippen LogP contribution in [0.3, 0.4) is 0 Å². The number of carbonyl (C=O) groups is 1. The smallest absolute Gasteiger partial charge is 0.331 e. The highest BCUT2D eigenvalue weighted by molar-refractivity contribution is 5.87. The van der Waals surface area contributed by atoms with Gasteiger partial charge in [-0.3, -0.25) is 0 Å². The van der Waals surface area contributed by atoms with Crippen LogP contribution < -0.4 is 18.9 Å². The largest absolute Gasteiger partial charge is 0.493 e. The summed E-state index contributed by atoms with van der Waals surface area (Å²) in [5.74, 6) is 2.18. The molecule has 1 aliphatic rings. The molecule has 0 saturated carbocycles. The molecule has 6 nitrogen and oxygen atoms in total. The van der Waals surface area contributed by atoms with Gasteiger partial charge < -0.3 is 23.7 Å². The lowest BCUT2D eigenvalue weighted by molar-refractivity contribution is -0.138. The quantitative estimate of drug-likeness (QED) is 0.583. The Morgan fingerprint density at radius 2 is 1.81 bits per heavy atom. The third kappa shape index (κ3) is 3.91. The Morgan fingerprint density at radius 1 is 1.08 bits per heavy atom. The standard InChI is InChI=1S/C20H20O6/c1-13-8-17(22-2)18(23-3)10-15(13)11-24-20(21)7-5-14-4-6-16-19(9-14)26-12-25-16/h4-10H,11-12H2,1-3H3/b7-5+. The molecule has 136 valence electrons. The molecule has 0 amide bonds. The normalized spacial score (nSPS) is 12.3. The van der Waals surface area contributed by atoms with Gasteiger partial charge >= 0.3 is 5.97 Å². The first-order valence-corrected chi connectivity index (χ1v) is 8.06. The minimum Gasteiger partial charge on any atom is -0.493 e. The van der Waals surface area contributed by atoms with E-state index in [0.717, 1.165) is 16.7 Å². The van der Waals surface area contributed by atoms with E-state index < -0.39 is 5.97 Å². The first-order chi connectivity index (χ1) is 12.6. The molecule has 6 heteroatoms. The number of methoxy groups -OCH3 is 2. The zero-order chi connectivity index (χ0) is 18.5. The summed E-state index contributed by atoms with van der Waals surface area (Å²) in [4.78, 5) is 12.0. The number of esters is 1. The number of fused-ring (bicyclic) bond motifs is 1. The van der Waals surface area contributed by atoms with Crippen molar-refractivity contribution in [2.45, 2.75) is 13.5 Å². The second kappa shape index (κ2) is 7.82. The predicted molar refractivity (Wildman–Crippen MR) is 95.7 cm³/mol. The van der Waals surface area contributed by atoms with Gasteiger partial charge in [-0.2, -0.15) is 0 Å². The second-order valence-corrected chi connectivity index (χ2v) is 5.69. The van der Waals surface area contributed by atoms with Gasteiger partial charge in [0.1, 0.15) is 6.61 Å². The lowest BCUT2D eigenvalue weighted by atomic mass is 10.1. The predicted octanol–water partition coefficient (Wildman–Crippen LogP) is 3.50. The molecular formula is C20H20O6. The van der Waals surface area contributed by atoms with E-state index >= 15 is 0 Å². The molecule has 0 radical (unpaired) electrons. The maximum atomic E-state index is 12.0. The highest BCUT2D eigenvalue weighted by Crippen LogP contribution is 2.33. The Hall–Kier alpha value is -3.15. The molecule has 0 aromatic heterocycles. The summed E-state index contributed by atoms with van der Waals surface area (Å²) in [6, 6.07) is 9.12. The summed E-state index contributed by atoms with van der Waals surface area (Å²) in [6.07, 6.45) is 3.05. The molecule has 3 rings (SSSR count). The summed E-state index contributed by atoms with van der Waals surface area (Å²) in [7, 11) is 3.15. The Kier molecular flexibility index (Phi) is 5.31. The van der Waals surface area contributed by atoms with Gasteiger partial charge in [-0.05, 0) is 54.0 Å². The molecule has 0 N–H and O–H groups in total. The van der Waals surface area contributed by atoms with E-state index in [4.69, 9.17) is 23.7 Å². The van der Waals surface area contributed by atoms with Crippen LogP contribution in [0.25, 0.3) is 6.08 Å². The molecule has 2 aromatic rings. The van der Waals surface area contributed by atoms with E-state index in [1.54, 1.807) is 26.4 Å². The lowest BCUT2D eigenvalue weighted by Gasteiger charge is -2.12. The minimum absolute atomic E-state index is 0.149. The van der Waals surface area contributed by atoms with Crippen LogP contribution in [-0.4, -0.2) is 27.0 Å². The zero-order valence-electron chi connectivity index (χ0n) is 14.9. The van der Waals surface area contributed by atoms with E-state index in [0.29, 0.717) is 23.0 Å². The van der Waals surface area contributed by atoms with Gasteiger partial charge in [0.15, 0.2) is 23.0 Å². The fraction of sp³-hybridized carbons (Fsp3) is 0.250. The van der Waals surface area contributed by atoms with Crippen molar-refractivity contribution in [1.29, 1.82) is 0 Å². The van der Waals surface area contributed by atoms with E-state index in [1.807, 2.05) is 31.2 Å². The van der Waals surface area contributed by atoms with Crippen LogP contribution in [-0.2, 0) is 16.1 Å². The summed E-state index contributed by atoms with van der Waals surface area (Å²) in [5, 5.41) is 0. The van der Waals surface area contributed by atoms with Gasteiger partial charge in [-0.25, -0.2) is 4.79 Å². The van der Waals surface area contributed by atoms with Crippen LogP contribution in [0, 0.1) is 6.92 Å². The third-order valence-corrected chi connectivity index (χ3v) is 4.02. The van der Waals surface area contributed by atoms with Crippen LogP contribution in [0.2, 0.25) is 0 Å². The van der Waals surface area contributed by atoms with Crippen molar-refractivity contribution in [1.82, 2.24) is 0 Å². The van der Waals surface area contributed by atoms with Crippen molar-refractivity contribution in [3.63, 3.8) is 0 Å². The average Bonchev–Trinajstić information content (AvgIpc) is 3.12. The number of benzene rings is 2. The topological polar surface area (TPSA) is 63.2 Å². The number of ether oxygens (including phenoxy) is 5. The van der Waals surface area contributed by atoms with Gasteiger partial charge in [0.25, 0.3) is 0 Å². The minimum atomic E-state index is -0.433. The van der Waals surface area contributed by atoms with Crippen molar-refractivity contribution in [2.75, 3.05) is 21.0 Å². The molecule has 1 aliphatic heterocycles. The van der Waals surface area contributed by atoms with E-state index in [1.165, 1.54) is 6.08 Å². The number of rotatable bonds is 6. The van der Waals surface area contributed by atoms with Gasteiger partial charge in [0.05, 0.1) is 14.2 Å². The number of carbonyl (C=O) groups excluding carboxylic acids is 1. The van der Waals surface area contributed by atoms with E-state index in [9.17, 15) is 4.79 Å². The van der Waals surface area contributed by atoms with Crippen molar-refractivity contribution < 1.29 is 28.5 Å². The Balaban J connectivity index is 1.62. The van der Waals surface area contributed by atoms with Gasteiger partial charge in [-0.15, -0.1) is 0 Å². The first kappa shape index (κ1) is 17.7. The summed E-state index contributed by atoms with van der Waals surface area (Å²) in [6.45, 7) is 2.29. The fourth-order valence-electron chi connectivity index (χ4n) is 2.56. The SMILES string of the molecule is COc1cc(C)c(COC(=O)/C=C/c2ccc3c(c2)OCO3)cc1OC. The van der Waals surface area contributed by atoms with Gasteiger partial charge in [0.2, 0.25) is 6.79 Å². The van der Waals surface area contributed by atoms with Crippen molar-refractivity contribution in [3.8, 4) is 23.0 Å². The maximum Gasteiger partial charge on any atom is 0.331 e. The maximum absolute atomic E-state index is 12.0. The van der Waals surface area contributed by atoms with E-state index in [2.05, 4.69) is 0 Å². The number of hydrogen-bond acceptors (Lipinski definition) is 6. The molecule has 0 unspecified atom stereocenters. The first-order valence-electron chi connectivity index (χ1n) is 8.06. The molecule has 1 heterocycles. The van der Waals surface area contributed by atoms with Crippen molar-refractivity contribution >= 4 is 12.0 Å². The molecule has 0 fully saturated rings. The summed E-state index contributed by atoms with van der Waals surface area (Å²) in [5.41, 5.74) is 2.64. The van der Waals surface area contributed by atoms with Gasteiger partial charge in [0, 0.05) is 6.08 Å². The molecule has 0 spiro atoms. The highest BCUT2D eigenvalue weighted by Gasteiger charge is 2.13. The average molecular weight is 356 g/mol. The Bertz CT molecular complexity index is 840. The molecule has 26 heavy (non-hydrogen) atoms. The monoisotopic (exact) mass is 356 g/mol. The highest BCUT2D eigenvalue weighted by atomic mass is 16.7. The fourth-order valence-corrected chi connectivity index (χ4v) is 2.56. The second-order valence-electron chi connectivity index (χ2n) is 5.69. The molecule has 0 aliphatic carbocycles. The van der Waals surface area contributed by atoms with E-state index in [-0.39, 0.29) is 13.4 Å². The van der Waals surface area contributed by atoms with Crippen LogP contribution in [0.1, 0.15) is 16.7 Å². The van der Waals surface area contributed by atoms with Crippen LogP contribution in [0.4, 0.5) is 0 Å². The molecular weight excluding hydrogens is 336 g/mol. The van der Waals surface area contributed by atoms with Gasteiger partial charge in [-0.1, -0.05) is 6.07 Å². The van der Waals surface area contributed by atoms with Crippen LogP contribution >= 0.6 is 0 Å². The lowest BCUT2D eigenvalue weighted by Crippen LogP contribution is -2.03. The van der Waals surface area contributed by atoms with Crippen molar-refractivity contribution in [3.05, 3.63) is 53.1 Å². The van der Waals surface area contributed by atoms with Crippen molar-refractivity contribution in [2.24, 2.45) is 0 Å². The molecule has 0 atom stereocenters.